The van der Waals surface area contributed by atoms with Crippen molar-refractivity contribution in [2.24, 2.45) is 0 Å². The molecule has 0 aliphatic carbocycles. The first kappa shape index (κ1) is 16.2. The highest BCUT2D eigenvalue weighted by molar-refractivity contribution is 6.01. The summed E-state index contributed by atoms with van der Waals surface area (Å²) in [6.45, 7) is 2.79. The molecule has 1 heterocycles. The lowest BCUT2D eigenvalue weighted by Crippen LogP contribution is -2.38. The lowest BCUT2D eigenvalue weighted by molar-refractivity contribution is 0.0935. The van der Waals surface area contributed by atoms with Gasteiger partial charge in [-0.1, -0.05) is 31.5 Å². The first-order chi connectivity index (χ1) is 11.7. The number of rotatable bonds is 6. The number of hydrogen-bond acceptors (Lipinski definition) is 4. The van der Waals surface area contributed by atoms with Gasteiger partial charge in [0, 0.05) is 5.69 Å². The summed E-state index contributed by atoms with van der Waals surface area (Å²) in [5.74, 6) is 1.30. The molecule has 0 aromatic heterocycles. The van der Waals surface area contributed by atoms with Crippen LogP contribution < -0.4 is 20.1 Å². The van der Waals surface area contributed by atoms with Crippen LogP contribution in [-0.4, -0.2) is 19.6 Å². The van der Waals surface area contributed by atoms with E-state index in [2.05, 4.69) is 17.6 Å². The van der Waals surface area contributed by atoms with Gasteiger partial charge >= 0.3 is 0 Å². The lowest BCUT2D eigenvalue weighted by Gasteiger charge is -2.28. The van der Waals surface area contributed by atoms with Gasteiger partial charge in [-0.2, -0.15) is 0 Å². The van der Waals surface area contributed by atoms with Crippen LogP contribution >= 0.6 is 0 Å². The lowest BCUT2D eigenvalue weighted by atomic mass is 10.1. The average Bonchev–Trinajstić information content (AvgIpc) is 2.62. The highest BCUT2D eigenvalue weighted by Crippen LogP contribution is 2.33. The molecule has 1 aliphatic heterocycles. The number of anilines is 1. The second-order valence-corrected chi connectivity index (χ2v) is 5.71. The molecule has 24 heavy (non-hydrogen) atoms. The molecule has 1 aliphatic rings. The fourth-order valence-electron chi connectivity index (χ4n) is 2.68. The average molecular weight is 326 g/mol. The fraction of sp³-hybridized carbons (Fsp3) is 0.316. The van der Waals surface area contributed by atoms with Crippen molar-refractivity contribution in [1.82, 2.24) is 5.32 Å². The van der Waals surface area contributed by atoms with Crippen molar-refractivity contribution in [2.75, 3.05) is 19.0 Å². The van der Waals surface area contributed by atoms with Gasteiger partial charge in [0.25, 0.3) is 5.91 Å². The summed E-state index contributed by atoms with van der Waals surface area (Å²) in [4.78, 5) is 12.3. The molecule has 0 bridgehead atoms. The number of fused-ring (bicyclic) bond motifs is 1. The van der Waals surface area contributed by atoms with Gasteiger partial charge in [-0.3, -0.25) is 4.79 Å². The Morgan fingerprint density at radius 1 is 1.08 bits per heavy atom. The van der Waals surface area contributed by atoms with Gasteiger partial charge in [0.15, 0.2) is 11.5 Å². The Morgan fingerprint density at radius 2 is 1.92 bits per heavy atom. The van der Waals surface area contributed by atoms with Gasteiger partial charge in [0.05, 0.1) is 19.3 Å². The van der Waals surface area contributed by atoms with Crippen LogP contribution in [0, 0.1) is 0 Å². The number of nitrogens with one attached hydrogen (secondary N) is 2. The van der Waals surface area contributed by atoms with E-state index < -0.39 is 0 Å². The summed E-state index contributed by atoms with van der Waals surface area (Å²) >= 11 is 0. The Bertz CT molecular complexity index is 730. The van der Waals surface area contributed by atoms with Crippen LogP contribution in [0.5, 0.6) is 11.5 Å². The molecule has 1 amide bonds. The second-order valence-electron chi connectivity index (χ2n) is 5.71. The molecule has 5 nitrogen and oxygen atoms in total. The molecule has 1 atom stereocenters. The maximum atomic E-state index is 12.3. The molecule has 0 unspecified atom stereocenters. The van der Waals surface area contributed by atoms with Gasteiger partial charge in [0.1, 0.15) is 6.17 Å². The monoisotopic (exact) mass is 326 g/mol. The van der Waals surface area contributed by atoms with Crippen molar-refractivity contribution in [2.45, 2.75) is 25.9 Å². The minimum atomic E-state index is -0.300. The van der Waals surface area contributed by atoms with E-state index in [1.807, 2.05) is 36.4 Å². The quantitative estimate of drug-likeness (QED) is 0.794. The maximum Gasteiger partial charge on any atom is 0.255 e. The van der Waals surface area contributed by atoms with Crippen LogP contribution in [0.3, 0.4) is 0 Å². The topological polar surface area (TPSA) is 59.6 Å². The van der Waals surface area contributed by atoms with E-state index in [1.54, 1.807) is 13.2 Å². The van der Waals surface area contributed by atoms with Crippen LogP contribution in [0.2, 0.25) is 0 Å². The summed E-state index contributed by atoms with van der Waals surface area (Å²) in [6, 6.07) is 13.2. The van der Waals surface area contributed by atoms with Crippen molar-refractivity contribution in [3.05, 3.63) is 53.6 Å². The molecule has 5 heteroatoms. The van der Waals surface area contributed by atoms with Crippen LogP contribution in [0.15, 0.2) is 42.5 Å². The Kier molecular flexibility index (Phi) is 4.89. The maximum absolute atomic E-state index is 12.3. The van der Waals surface area contributed by atoms with Crippen molar-refractivity contribution >= 4 is 11.6 Å². The largest absolute Gasteiger partial charge is 0.493 e. The molecule has 0 radical (unpaired) electrons. The third-order valence-electron chi connectivity index (χ3n) is 4.02. The zero-order chi connectivity index (χ0) is 16.9. The predicted octanol–water partition coefficient (Wildman–Crippen LogP) is 3.73. The van der Waals surface area contributed by atoms with E-state index in [9.17, 15) is 4.79 Å². The summed E-state index contributed by atoms with van der Waals surface area (Å²) in [5, 5.41) is 6.30. The Labute approximate surface area is 142 Å². The van der Waals surface area contributed by atoms with E-state index in [0.717, 1.165) is 29.8 Å². The van der Waals surface area contributed by atoms with Crippen LogP contribution in [-0.2, 0) is 0 Å². The number of ether oxygens (including phenoxy) is 2. The SMILES string of the molecule is CCCCOc1ccc([C@H]2NC(=O)c3ccccc3N2)cc1OC. The van der Waals surface area contributed by atoms with Gasteiger partial charge in [0.2, 0.25) is 0 Å². The fourth-order valence-corrected chi connectivity index (χ4v) is 2.68. The first-order valence-corrected chi connectivity index (χ1v) is 8.20. The molecule has 126 valence electrons. The zero-order valence-electron chi connectivity index (χ0n) is 14.0. The molecule has 0 spiro atoms. The number of hydrogen-bond donors (Lipinski definition) is 2. The molecule has 2 aromatic rings. The normalized spacial score (nSPS) is 15.9. The number of unbranched alkanes of at least 4 members (excludes halogenated alkanes) is 1. The van der Waals surface area contributed by atoms with Crippen molar-refractivity contribution in [3.63, 3.8) is 0 Å². The van der Waals surface area contributed by atoms with Gasteiger partial charge in [-0.15, -0.1) is 0 Å². The van der Waals surface area contributed by atoms with Gasteiger partial charge in [-0.25, -0.2) is 0 Å². The highest BCUT2D eigenvalue weighted by atomic mass is 16.5. The third kappa shape index (κ3) is 3.30. The van der Waals surface area contributed by atoms with E-state index in [1.165, 1.54) is 0 Å². The van der Waals surface area contributed by atoms with Gasteiger partial charge < -0.3 is 20.1 Å². The van der Waals surface area contributed by atoms with Crippen molar-refractivity contribution in [1.29, 1.82) is 0 Å². The van der Waals surface area contributed by atoms with Gasteiger partial charge in [-0.05, 0) is 36.2 Å². The van der Waals surface area contributed by atoms with E-state index in [0.29, 0.717) is 17.9 Å². The molecule has 0 fully saturated rings. The molecule has 0 saturated carbocycles. The predicted molar refractivity (Wildman–Crippen MR) is 93.7 cm³/mol. The minimum Gasteiger partial charge on any atom is -0.493 e. The number of carbonyl (C=O) groups excluding carboxylic acids is 1. The second kappa shape index (κ2) is 7.25. The van der Waals surface area contributed by atoms with Crippen LogP contribution in [0.1, 0.15) is 41.9 Å². The minimum absolute atomic E-state index is 0.0865. The van der Waals surface area contributed by atoms with Crippen molar-refractivity contribution < 1.29 is 14.3 Å². The zero-order valence-corrected chi connectivity index (χ0v) is 14.0. The number of benzene rings is 2. The standard InChI is InChI=1S/C19H22N2O3/c1-3-4-11-24-16-10-9-13(12-17(16)23-2)18-20-15-8-6-5-7-14(15)19(22)21-18/h5-10,12,18,20H,3-4,11H2,1-2H3,(H,21,22)/t18-/m1/s1. The number of carbonyl (C=O) groups is 1. The molecular formula is C19H22N2O3. The smallest absolute Gasteiger partial charge is 0.255 e. The summed E-state index contributed by atoms with van der Waals surface area (Å²) in [7, 11) is 1.62. The molecule has 2 N–H and O–H groups in total. The number of para-hydroxylation sites is 1. The van der Waals surface area contributed by atoms with E-state index in [-0.39, 0.29) is 12.1 Å². The summed E-state index contributed by atoms with van der Waals surface area (Å²) in [5.41, 5.74) is 2.39. The first-order valence-electron chi connectivity index (χ1n) is 8.20. The van der Waals surface area contributed by atoms with Crippen molar-refractivity contribution in [3.8, 4) is 11.5 Å². The number of methoxy groups -OCH3 is 1. The molecule has 2 aromatic carbocycles. The molecule has 3 rings (SSSR count). The summed E-state index contributed by atoms with van der Waals surface area (Å²) < 4.78 is 11.2. The molecule has 0 saturated heterocycles. The van der Waals surface area contributed by atoms with E-state index in [4.69, 9.17) is 9.47 Å². The highest BCUT2D eigenvalue weighted by Gasteiger charge is 2.24. The number of amides is 1. The Hall–Kier alpha value is -2.69. The molecular weight excluding hydrogens is 304 g/mol. The van der Waals surface area contributed by atoms with Crippen LogP contribution in [0.4, 0.5) is 5.69 Å². The summed E-state index contributed by atoms with van der Waals surface area (Å²) in [6.07, 6.45) is 1.78. The third-order valence-corrected chi connectivity index (χ3v) is 4.02. The Balaban J connectivity index is 1.81. The Morgan fingerprint density at radius 3 is 2.71 bits per heavy atom. The van der Waals surface area contributed by atoms with E-state index >= 15 is 0 Å². The van der Waals surface area contributed by atoms with Crippen LogP contribution in [0.25, 0.3) is 0 Å².